The molecule has 3 rings (SSSR count). The first-order valence-corrected chi connectivity index (χ1v) is 10.5. The fourth-order valence-electron chi connectivity index (χ4n) is 3.69. The predicted molar refractivity (Wildman–Crippen MR) is 124 cm³/mol. The fourth-order valence-corrected chi connectivity index (χ4v) is 3.69. The van der Waals surface area contributed by atoms with Crippen LogP contribution in [-0.4, -0.2) is 71.2 Å². The Hall–Kier alpha value is -2.73. The van der Waals surface area contributed by atoms with Gasteiger partial charge in [-0.2, -0.15) is 0 Å². The Bertz CT molecular complexity index is 895. The number of ether oxygens (including phenoxy) is 1. The maximum absolute atomic E-state index is 12.3. The summed E-state index contributed by atoms with van der Waals surface area (Å²) in [4.78, 5) is 18.9. The Labute approximate surface area is 184 Å². The van der Waals surface area contributed by atoms with Crippen molar-refractivity contribution in [3.63, 3.8) is 0 Å². The molecule has 1 heterocycles. The summed E-state index contributed by atoms with van der Waals surface area (Å²) in [6.07, 6.45) is 1.94. The monoisotopic (exact) mass is 416 g/mol. The lowest BCUT2D eigenvalue weighted by molar-refractivity contribution is 0.0952. The second-order valence-corrected chi connectivity index (χ2v) is 7.80. The van der Waals surface area contributed by atoms with Crippen LogP contribution in [0.3, 0.4) is 0 Å². The number of anilines is 2. The first-order valence-electron chi connectivity index (χ1n) is 12.0. The van der Waals surface area contributed by atoms with E-state index in [4.69, 9.17) is 8.85 Å². The molecule has 1 aliphatic heterocycles. The molecule has 1 aliphatic rings. The summed E-state index contributed by atoms with van der Waals surface area (Å²) in [5.41, 5.74) is 2.58. The summed E-state index contributed by atoms with van der Waals surface area (Å²) in [5, 5.41) is 3.00. The van der Waals surface area contributed by atoms with Gasteiger partial charge in [0, 0.05) is 58.1 Å². The van der Waals surface area contributed by atoms with E-state index in [2.05, 4.69) is 15.1 Å². The van der Waals surface area contributed by atoms with Crippen molar-refractivity contribution in [2.75, 3.05) is 70.2 Å². The van der Waals surface area contributed by atoms with E-state index in [1.807, 2.05) is 55.4 Å². The van der Waals surface area contributed by atoms with E-state index in [0.29, 0.717) is 17.9 Å². The average molecular weight is 417 g/mol. The van der Waals surface area contributed by atoms with Gasteiger partial charge in [-0.05, 0) is 55.8 Å². The van der Waals surface area contributed by atoms with Gasteiger partial charge < -0.3 is 19.9 Å². The molecule has 30 heavy (non-hydrogen) atoms. The van der Waals surface area contributed by atoms with Crippen LogP contribution in [0.1, 0.15) is 27.3 Å². The first kappa shape index (κ1) is 18.1. The van der Waals surface area contributed by atoms with Crippen LogP contribution < -0.4 is 19.9 Å². The fraction of sp³-hybridized carbons (Fsp3) is 0.458. The van der Waals surface area contributed by atoms with E-state index in [9.17, 15) is 4.79 Å². The number of hydrogen-bond donors (Lipinski definition) is 1. The molecule has 6 nitrogen and oxygen atoms in total. The van der Waals surface area contributed by atoms with E-state index < -0.39 is 7.04 Å². The molecule has 1 fully saturated rings. The van der Waals surface area contributed by atoms with Gasteiger partial charge in [0.2, 0.25) is 0 Å². The minimum atomic E-state index is -2.46. The number of piperazine rings is 1. The quantitative estimate of drug-likeness (QED) is 0.637. The lowest BCUT2D eigenvalue weighted by atomic mass is 10.2. The van der Waals surface area contributed by atoms with E-state index in [0.717, 1.165) is 56.9 Å². The zero-order valence-electron chi connectivity index (χ0n) is 20.9. The standard InChI is InChI=1S/C24H34N4O2/c1-26(2)21-12-10-20(11-13-21)24(29)25-14-6-7-15-27-16-18-28(19-17-27)22-8-4-5-9-23(22)30-3/h4-5,8-13H,6-7,14-19H2,1-3H3,(H,25,29)/i3T3. The normalized spacial score (nSPS) is 16.3. The van der Waals surface area contributed by atoms with Gasteiger partial charge in [0.15, 0.2) is 0 Å². The number of carbonyl (C=O) groups is 1. The van der Waals surface area contributed by atoms with Gasteiger partial charge in [0.1, 0.15) is 5.75 Å². The van der Waals surface area contributed by atoms with Crippen LogP contribution in [0.15, 0.2) is 48.5 Å². The summed E-state index contributed by atoms with van der Waals surface area (Å²) >= 11 is 0. The maximum Gasteiger partial charge on any atom is 0.251 e. The molecule has 0 saturated carbocycles. The molecule has 0 aromatic heterocycles. The highest BCUT2D eigenvalue weighted by atomic mass is 16.5. The molecule has 0 spiro atoms. The number of unbranched alkanes of at least 4 members (excludes halogenated alkanes) is 1. The van der Waals surface area contributed by atoms with Gasteiger partial charge in [0.25, 0.3) is 5.91 Å². The largest absolute Gasteiger partial charge is 0.495 e. The second kappa shape index (κ2) is 10.9. The molecule has 0 aliphatic carbocycles. The van der Waals surface area contributed by atoms with Crippen molar-refractivity contribution in [1.82, 2.24) is 10.2 Å². The van der Waals surface area contributed by atoms with Crippen molar-refractivity contribution in [3.05, 3.63) is 54.1 Å². The molecule has 1 saturated heterocycles. The van der Waals surface area contributed by atoms with Crippen molar-refractivity contribution >= 4 is 17.3 Å². The molecule has 1 N–H and O–H groups in total. The molecular weight excluding hydrogens is 376 g/mol. The number of methoxy groups -OCH3 is 1. The van der Waals surface area contributed by atoms with Crippen molar-refractivity contribution in [2.45, 2.75) is 12.8 Å². The predicted octanol–water partition coefficient (Wildman–Crippen LogP) is 3.09. The number of amides is 1. The topological polar surface area (TPSA) is 48.1 Å². The third kappa shape index (κ3) is 5.89. The van der Waals surface area contributed by atoms with Gasteiger partial charge in [-0.3, -0.25) is 9.69 Å². The zero-order valence-corrected chi connectivity index (χ0v) is 17.9. The molecule has 0 unspecified atom stereocenters. The van der Waals surface area contributed by atoms with Crippen LogP contribution in [0.4, 0.5) is 11.4 Å². The Morgan fingerprint density at radius 1 is 1.07 bits per heavy atom. The molecule has 1 amide bonds. The Balaban J connectivity index is 1.36. The van der Waals surface area contributed by atoms with Crippen molar-refractivity contribution in [2.24, 2.45) is 0 Å². The minimum absolute atomic E-state index is 0.0353. The number of nitrogens with zero attached hydrogens (tertiary/aromatic N) is 3. The first-order chi connectivity index (χ1) is 15.7. The van der Waals surface area contributed by atoms with Gasteiger partial charge >= 0.3 is 0 Å². The molecule has 162 valence electrons. The molecule has 6 heteroatoms. The van der Waals surface area contributed by atoms with Crippen molar-refractivity contribution in [1.29, 1.82) is 0 Å². The number of carbonyl (C=O) groups excluding carboxylic acids is 1. The molecule has 2 aromatic rings. The molecule has 0 radical (unpaired) electrons. The number of hydrogen-bond acceptors (Lipinski definition) is 5. The van der Waals surface area contributed by atoms with Crippen LogP contribution >= 0.6 is 0 Å². The summed E-state index contributed by atoms with van der Waals surface area (Å²) in [6.45, 7) is 5.10. The van der Waals surface area contributed by atoms with E-state index in [1.54, 1.807) is 12.1 Å². The van der Waals surface area contributed by atoms with Crippen molar-refractivity contribution in [3.8, 4) is 5.75 Å². The third-order valence-electron chi connectivity index (χ3n) is 5.52. The highest BCUT2D eigenvalue weighted by Crippen LogP contribution is 2.28. The van der Waals surface area contributed by atoms with Gasteiger partial charge in [-0.25, -0.2) is 0 Å². The lowest BCUT2D eigenvalue weighted by Crippen LogP contribution is -2.46. The molecule has 0 bridgehead atoms. The number of benzene rings is 2. The Kier molecular flexibility index (Phi) is 6.55. The highest BCUT2D eigenvalue weighted by molar-refractivity contribution is 5.94. The molecule has 0 atom stereocenters. The van der Waals surface area contributed by atoms with Crippen LogP contribution in [0.25, 0.3) is 0 Å². The maximum atomic E-state index is 12.3. The van der Waals surface area contributed by atoms with Crippen LogP contribution in [0.2, 0.25) is 0 Å². The zero-order chi connectivity index (χ0) is 23.8. The Morgan fingerprint density at radius 2 is 1.80 bits per heavy atom. The SMILES string of the molecule is [3H]C([3H])([3H])Oc1ccccc1N1CCN(CCCCNC(=O)c2ccc(N(C)C)cc2)CC1. The number of nitrogens with one attached hydrogen (secondary N) is 1. The minimum Gasteiger partial charge on any atom is -0.495 e. The number of para-hydroxylation sites is 2. The van der Waals surface area contributed by atoms with E-state index in [1.165, 1.54) is 0 Å². The van der Waals surface area contributed by atoms with E-state index in [-0.39, 0.29) is 5.91 Å². The smallest absolute Gasteiger partial charge is 0.251 e. The van der Waals surface area contributed by atoms with Crippen LogP contribution in [0.5, 0.6) is 5.75 Å². The van der Waals surface area contributed by atoms with Gasteiger partial charge in [-0.15, -0.1) is 0 Å². The van der Waals surface area contributed by atoms with Crippen LogP contribution in [0, 0.1) is 0 Å². The highest BCUT2D eigenvalue weighted by Gasteiger charge is 2.19. The van der Waals surface area contributed by atoms with Gasteiger partial charge in [0.05, 0.1) is 16.8 Å². The Morgan fingerprint density at radius 3 is 2.50 bits per heavy atom. The molecular formula is C24H34N4O2. The average Bonchev–Trinajstić information content (AvgIpc) is 2.78. The molecule has 2 aromatic carbocycles. The third-order valence-corrected chi connectivity index (χ3v) is 5.52. The summed E-state index contributed by atoms with van der Waals surface area (Å²) < 4.78 is 27.3. The summed E-state index contributed by atoms with van der Waals surface area (Å²) in [7, 11) is 1.49. The van der Waals surface area contributed by atoms with Crippen molar-refractivity contribution < 1.29 is 13.6 Å². The van der Waals surface area contributed by atoms with Gasteiger partial charge in [-0.1, -0.05) is 12.1 Å². The summed E-state index contributed by atoms with van der Waals surface area (Å²) in [5.74, 6) is 0.366. The van der Waals surface area contributed by atoms with Crippen LogP contribution in [-0.2, 0) is 0 Å². The number of rotatable bonds is 9. The second-order valence-electron chi connectivity index (χ2n) is 7.80. The lowest BCUT2D eigenvalue weighted by Gasteiger charge is -2.36. The summed E-state index contributed by atoms with van der Waals surface area (Å²) in [6, 6.07) is 14.9. The van der Waals surface area contributed by atoms with E-state index >= 15 is 0 Å².